The second-order valence-electron chi connectivity index (χ2n) is 6.48. The third-order valence-corrected chi connectivity index (χ3v) is 4.90. The summed E-state index contributed by atoms with van der Waals surface area (Å²) >= 11 is 0. The molecule has 1 aromatic rings. The van der Waals surface area contributed by atoms with Crippen molar-refractivity contribution in [2.75, 3.05) is 11.5 Å². The number of carbonyl (C=O) groups excluding carboxylic acids is 2. The summed E-state index contributed by atoms with van der Waals surface area (Å²) in [6.45, 7) is 4.57. The van der Waals surface area contributed by atoms with Gasteiger partial charge in [0.25, 0.3) is 0 Å². The normalized spacial score (nSPS) is 34.3. The lowest BCUT2D eigenvalue weighted by Gasteiger charge is -2.24. The van der Waals surface area contributed by atoms with Gasteiger partial charge in [0.05, 0.1) is 35.8 Å². The highest BCUT2D eigenvalue weighted by molar-refractivity contribution is 6.23. The van der Waals surface area contributed by atoms with Gasteiger partial charge in [0.1, 0.15) is 5.75 Å². The monoisotopic (exact) mass is 313 g/mol. The summed E-state index contributed by atoms with van der Waals surface area (Å²) in [4.78, 5) is 26.9. The van der Waals surface area contributed by atoms with E-state index < -0.39 is 17.4 Å². The van der Waals surface area contributed by atoms with Gasteiger partial charge in [-0.25, -0.2) is 4.90 Å². The predicted molar refractivity (Wildman–Crippen MR) is 84.1 cm³/mol. The Kier molecular flexibility index (Phi) is 3.10. The van der Waals surface area contributed by atoms with E-state index in [4.69, 9.17) is 9.47 Å². The van der Waals surface area contributed by atoms with Gasteiger partial charge in [-0.1, -0.05) is 19.1 Å². The fourth-order valence-corrected chi connectivity index (χ4v) is 3.82. The molecule has 0 spiro atoms. The summed E-state index contributed by atoms with van der Waals surface area (Å²) in [5.74, 6) is -0.404. The Morgan fingerprint density at radius 2 is 1.96 bits per heavy atom. The largest absolute Gasteiger partial charge is 0.494 e. The third-order valence-electron chi connectivity index (χ3n) is 4.90. The molecule has 3 aliphatic rings. The molecule has 2 amide bonds. The van der Waals surface area contributed by atoms with Crippen LogP contribution in [0.3, 0.4) is 0 Å². The number of nitrogens with zero attached hydrogens (tertiary/aromatic N) is 1. The molecule has 120 valence electrons. The van der Waals surface area contributed by atoms with Crippen molar-refractivity contribution in [3.8, 4) is 5.75 Å². The van der Waals surface area contributed by atoms with Crippen LogP contribution in [-0.2, 0) is 14.3 Å². The Balaban J connectivity index is 1.61. The molecule has 1 aromatic carbocycles. The number of imide groups is 1. The molecule has 0 aromatic heterocycles. The first-order valence-corrected chi connectivity index (χ1v) is 8.03. The first kappa shape index (κ1) is 14.5. The summed E-state index contributed by atoms with van der Waals surface area (Å²) in [5, 5.41) is 0. The number of rotatable bonds is 4. The van der Waals surface area contributed by atoms with Gasteiger partial charge in [-0.15, -0.1) is 0 Å². The molecule has 4 rings (SSSR count). The van der Waals surface area contributed by atoms with Gasteiger partial charge in [0, 0.05) is 0 Å². The average molecular weight is 313 g/mol. The van der Waals surface area contributed by atoms with E-state index in [1.54, 1.807) is 24.3 Å². The quantitative estimate of drug-likeness (QED) is 0.632. The van der Waals surface area contributed by atoms with Gasteiger partial charge >= 0.3 is 0 Å². The lowest BCUT2D eigenvalue weighted by Crippen LogP contribution is -2.38. The molecule has 0 saturated carbocycles. The number of anilines is 1. The molecule has 0 radical (unpaired) electrons. The van der Waals surface area contributed by atoms with Crippen LogP contribution in [0.15, 0.2) is 36.4 Å². The number of benzene rings is 1. The Hall–Kier alpha value is -2.14. The van der Waals surface area contributed by atoms with Gasteiger partial charge < -0.3 is 9.47 Å². The van der Waals surface area contributed by atoms with Crippen molar-refractivity contribution in [2.45, 2.75) is 32.0 Å². The van der Waals surface area contributed by atoms with E-state index in [0.717, 1.165) is 12.2 Å². The van der Waals surface area contributed by atoms with Gasteiger partial charge in [-0.05, 0) is 37.6 Å². The van der Waals surface area contributed by atoms with Gasteiger partial charge in [0.2, 0.25) is 11.8 Å². The smallest absolute Gasteiger partial charge is 0.241 e. The molecule has 2 bridgehead atoms. The lowest BCUT2D eigenvalue weighted by molar-refractivity contribution is -0.126. The number of hydrogen-bond acceptors (Lipinski definition) is 4. The van der Waals surface area contributed by atoms with Gasteiger partial charge in [0.15, 0.2) is 0 Å². The van der Waals surface area contributed by atoms with E-state index in [-0.39, 0.29) is 17.9 Å². The molecule has 4 atom stereocenters. The van der Waals surface area contributed by atoms with Crippen LogP contribution in [-0.4, -0.2) is 30.1 Å². The SMILES string of the molecule is CCCOc1ccc(N2C(=O)[C@@H]3[C@@H]4C=C[C@@](C)(O4)[C@@H]3C2=O)cc1. The van der Waals surface area contributed by atoms with Crippen LogP contribution in [0.5, 0.6) is 5.75 Å². The van der Waals surface area contributed by atoms with E-state index >= 15 is 0 Å². The predicted octanol–water partition coefficient (Wildman–Crippen LogP) is 2.31. The number of amides is 2. The van der Waals surface area contributed by atoms with Crippen molar-refractivity contribution < 1.29 is 19.1 Å². The summed E-state index contributed by atoms with van der Waals surface area (Å²) < 4.78 is 11.4. The second-order valence-corrected chi connectivity index (χ2v) is 6.48. The number of carbonyl (C=O) groups is 2. The highest BCUT2D eigenvalue weighted by Gasteiger charge is 2.65. The minimum absolute atomic E-state index is 0.166. The Labute approximate surface area is 134 Å². The zero-order valence-corrected chi connectivity index (χ0v) is 13.2. The molecule has 2 fully saturated rings. The molecule has 0 aliphatic carbocycles. The van der Waals surface area contributed by atoms with E-state index in [1.165, 1.54) is 4.90 Å². The molecule has 2 saturated heterocycles. The van der Waals surface area contributed by atoms with Crippen molar-refractivity contribution in [1.29, 1.82) is 0 Å². The van der Waals surface area contributed by atoms with Crippen LogP contribution in [0.4, 0.5) is 5.69 Å². The number of hydrogen-bond donors (Lipinski definition) is 0. The summed E-state index contributed by atoms with van der Waals surface area (Å²) in [6, 6.07) is 7.12. The zero-order chi connectivity index (χ0) is 16.2. The minimum atomic E-state index is -0.652. The van der Waals surface area contributed by atoms with Crippen LogP contribution < -0.4 is 9.64 Å². The molecular formula is C18H19NO4. The van der Waals surface area contributed by atoms with Crippen LogP contribution in [0, 0.1) is 11.8 Å². The standard InChI is InChI=1S/C18H19NO4/c1-3-10-22-12-6-4-11(5-7-12)19-16(20)14-13-8-9-18(2,23-13)15(14)17(19)21/h4-9,13-15H,3,10H2,1-2H3/t13-,14+,15-,18+/m0/s1. The fraction of sp³-hybridized carbons (Fsp3) is 0.444. The minimum Gasteiger partial charge on any atom is -0.494 e. The molecule has 3 heterocycles. The maximum Gasteiger partial charge on any atom is 0.241 e. The molecule has 0 N–H and O–H groups in total. The molecule has 0 unspecified atom stereocenters. The van der Waals surface area contributed by atoms with Crippen molar-refractivity contribution in [1.82, 2.24) is 0 Å². The van der Waals surface area contributed by atoms with E-state index in [9.17, 15) is 9.59 Å². The van der Waals surface area contributed by atoms with Crippen LogP contribution in [0.25, 0.3) is 0 Å². The first-order valence-electron chi connectivity index (χ1n) is 8.03. The topological polar surface area (TPSA) is 55.8 Å². The third kappa shape index (κ3) is 1.96. The average Bonchev–Trinajstić information content (AvgIpc) is 3.15. The number of fused-ring (bicyclic) bond motifs is 5. The van der Waals surface area contributed by atoms with Gasteiger partial charge in [-0.2, -0.15) is 0 Å². The summed E-state index contributed by atoms with van der Waals surface area (Å²) in [7, 11) is 0. The number of ether oxygens (including phenoxy) is 2. The highest BCUT2D eigenvalue weighted by atomic mass is 16.5. The molecule has 5 heteroatoms. The second kappa shape index (κ2) is 4.93. The summed E-state index contributed by atoms with van der Waals surface area (Å²) in [6.07, 6.45) is 4.46. The lowest BCUT2D eigenvalue weighted by atomic mass is 9.78. The van der Waals surface area contributed by atoms with Gasteiger partial charge in [-0.3, -0.25) is 9.59 Å². The van der Waals surface area contributed by atoms with E-state index in [0.29, 0.717) is 12.3 Å². The zero-order valence-electron chi connectivity index (χ0n) is 13.2. The fourth-order valence-electron chi connectivity index (χ4n) is 3.82. The first-order chi connectivity index (χ1) is 11.0. The Morgan fingerprint density at radius 1 is 1.22 bits per heavy atom. The molecule has 5 nitrogen and oxygen atoms in total. The summed E-state index contributed by atoms with van der Waals surface area (Å²) in [5.41, 5.74) is -0.0534. The van der Waals surface area contributed by atoms with Crippen LogP contribution in [0.2, 0.25) is 0 Å². The van der Waals surface area contributed by atoms with Crippen LogP contribution >= 0.6 is 0 Å². The van der Waals surface area contributed by atoms with E-state index in [1.807, 2.05) is 26.0 Å². The maximum atomic E-state index is 12.8. The highest BCUT2D eigenvalue weighted by Crippen LogP contribution is 2.52. The van der Waals surface area contributed by atoms with Crippen molar-refractivity contribution in [3.05, 3.63) is 36.4 Å². The van der Waals surface area contributed by atoms with E-state index in [2.05, 4.69) is 0 Å². The van der Waals surface area contributed by atoms with Crippen molar-refractivity contribution in [3.63, 3.8) is 0 Å². The van der Waals surface area contributed by atoms with Crippen molar-refractivity contribution in [2.24, 2.45) is 11.8 Å². The Morgan fingerprint density at radius 3 is 2.61 bits per heavy atom. The van der Waals surface area contributed by atoms with Crippen molar-refractivity contribution >= 4 is 17.5 Å². The Bertz CT molecular complexity index is 695. The van der Waals surface area contributed by atoms with Crippen LogP contribution in [0.1, 0.15) is 20.3 Å². The molecule has 3 aliphatic heterocycles. The maximum absolute atomic E-state index is 12.8. The molecular weight excluding hydrogens is 294 g/mol. The molecule has 23 heavy (non-hydrogen) atoms.